The van der Waals surface area contributed by atoms with E-state index in [1.807, 2.05) is 11.8 Å². The molecule has 29 heavy (non-hydrogen) atoms. The predicted molar refractivity (Wildman–Crippen MR) is 130 cm³/mol. The zero-order valence-corrected chi connectivity index (χ0v) is 19.8. The minimum absolute atomic E-state index is 0.319. The van der Waals surface area contributed by atoms with Gasteiger partial charge in [0.1, 0.15) is 0 Å². The van der Waals surface area contributed by atoms with Crippen LogP contribution in [0, 0.1) is 0 Å². The van der Waals surface area contributed by atoms with Crippen molar-refractivity contribution in [3.05, 3.63) is 11.9 Å². The highest BCUT2D eigenvalue weighted by atomic mass is 32.2. The van der Waals surface area contributed by atoms with Crippen LogP contribution >= 0.6 is 11.8 Å². The van der Waals surface area contributed by atoms with E-state index < -0.39 is 0 Å². The highest BCUT2D eigenvalue weighted by Crippen LogP contribution is 2.15. The number of anilines is 1. The van der Waals surface area contributed by atoms with E-state index in [1.165, 1.54) is 103 Å². The number of aliphatic hydroxyl groups is 1. The third-order valence-corrected chi connectivity index (χ3v) is 6.75. The third kappa shape index (κ3) is 16.8. The number of nitrogen functional groups attached to an aromatic ring is 1. The second kappa shape index (κ2) is 19.3. The molecular formula is C24H47N3OS. The lowest BCUT2D eigenvalue weighted by Gasteiger charge is -2.08. The van der Waals surface area contributed by atoms with Crippen molar-refractivity contribution in [2.24, 2.45) is 0 Å². The molecule has 0 aliphatic heterocycles. The van der Waals surface area contributed by atoms with Crippen LogP contribution in [0.3, 0.4) is 0 Å². The fourth-order valence-corrected chi connectivity index (χ4v) is 4.73. The largest absolute Gasteiger partial charge is 0.392 e. The molecule has 0 saturated carbocycles. The maximum atomic E-state index is 10.0. The van der Waals surface area contributed by atoms with Gasteiger partial charge in [-0.3, -0.25) is 0 Å². The number of nitrogens with one attached hydrogen (secondary N) is 1. The van der Waals surface area contributed by atoms with Gasteiger partial charge in [0.15, 0.2) is 5.95 Å². The Morgan fingerprint density at radius 3 is 1.79 bits per heavy atom. The lowest BCUT2D eigenvalue weighted by atomic mass is 10.0. The van der Waals surface area contributed by atoms with E-state index in [-0.39, 0.29) is 6.10 Å². The van der Waals surface area contributed by atoms with Gasteiger partial charge in [0.2, 0.25) is 0 Å². The van der Waals surface area contributed by atoms with Crippen molar-refractivity contribution in [3.8, 4) is 0 Å². The van der Waals surface area contributed by atoms with Crippen LogP contribution < -0.4 is 5.73 Å². The summed E-state index contributed by atoms with van der Waals surface area (Å²) in [7, 11) is 0. The molecule has 1 heterocycles. The second-order valence-corrected chi connectivity index (χ2v) is 9.68. The molecule has 0 aromatic carbocycles. The Kier molecular flexibility index (Phi) is 17.5. The molecule has 1 rings (SSSR count). The number of H-pyrrole nitrogens is 1. The van der Waals surface area contributed by atoms with Crippen LogP contribution in [-0.4, -0.2) is 32.7 Å². The van der Waals surface area contributed by atoms with Crippen LogP contribution in [0.5, 0.6) is 0 Å². The number of hydrogen-bond donors (Lipinski definition) is 3. The van der Waals surface area contributed by atoms with Crippen molar-refractivity contribution >= 4 is 17.7 Å². The van der Waals surface area contributed by atoms with Crippen molar-refractivity contribution in [1.82, 2.24) is 9.97 Å². The molecule has 0 amide bonds. The molecule has 0 aliphatic carbocycles. The average Bonchev–Trinajstić information content (AvgIpc) is 3.11. The van der Waals surface area contributed by atoms with E-state index in [2.05, 4.69) is 16.9 Å². The van der Waals surface area contributed by atoms with Gasteiger partial charge >= 0.3 is 0 Å². The molecular weight excluding hydrogens is 378 g/mol. The maximum absolute atomic E-state index is 10.0. The number of nitrogens with zero attached hydrogens (tertiary/aromatic N) is 1. The van der Waals surface area contributed by atoms with E-state index >= 15 is 0 Å². The van der Waals surface area contributed by atoms with E-state index in [9.17, 15) is 5.11 Å². The van der Waals surface area contributed by atoms with Gasteiger partial charge in [-0.1, -0.05) is 103 Å². The summed E-state index contributed by atoms with van der Waals surface area (Å²) in [5.74, 6) is 2.37. The predicted octanol–water partition coefficient (Wildman–Crippen LogP) is 6.89. The summed E-state index contributed by atoms with van der Waals surface area (Å²) in [4.78, 5) is 6.92. The first-order valence-corrected chi connectivity index (χ1v) is 13.4. The normalized spacial score (nSPS) is 12.5. The van der Waals surface area contributed by atoms with Gasteiger partial charge in [0, 0.05) is 17.9 Å². The molecule has 5 heteroatoms. The van der Waals surface area contributed by atoms with Gasteiger partial charge in [-0.05, 0) is 12.2 Å². The first kappa shape index (κ1) is 26.4. The number of rotatable bonds is 21. The van der Waals surface area contributed by atoms with Gasteiger partial charge in [0.05, 0.1) is 12.3 Å². The Morgan fingerprint density at radius 1 is 0.862 bits per heavy atom. The Labute approximate surface area is 184 Å². The van der Waals surface area contributed by atoms with Crippen molar-refractivity contribution < 1.29 is 5.11 Å². The minimum Gasteiger partial charge on any atom is -0.392 e. The van der Waals surface area contributed by atoms with E-state index in [0.29, 0.717) is 12.4 Å². The molecule has 0 aliphatic rings. The van der Waals surface area contributed by atoms with Crippen LogP contribution in [0.2, 0.25) is 0 Å². The molecule has 4 nitrogen and oxygen atoms in total. The quantitative estimate of drug-likeness (QED) is 0.187. The number of unbranched alkanes of at least 4 members (excludes halogenated alkanes) is 15. The van der Waals surface area contributed by atoms with Crippen molar-refractivity contribution in [3.63, 3.8) is 0 Å². The van der Waals surface area contributed by atoms with Gasteiger partial charge in [-0.25, -0.2) is 4.98 Å². The summed E-state index contributed by atoms with van der Waals surface area (Å²) in [6.45, 7) is 2.29. The SMILES string of the molecule is CCCCCCCCCCCCCCCCCCSCC(O)Cc1cnc(N)[nH]1. The molecule has 1 unspecified atom stereocenters. The summed E-state index contributed by atoms with van der Waals surface area (Å²) in [5, 5.41) is 10.0. The van der Waals surface area contributed by atoms with Gasteiger partial charge in [-0.2, -0.15) is 11.8 Å². The Hall–Kier alpha value is -0.680. The fourth-order valence-electron chi connectivity index (χ4n) is 3.76. The Morgan fingerprint density at radius 2 is 1.34 bits per heavy atom. The number of hydrogen-bond acceptors (Lipinski definition) is 4. The molecule has 170 valence electrons. The summed E-state index contributed by atoms with van der Waals surface area (Å²) in [6.07, 6.45) is 24.6. The summed E-state index contributed by atoms with van der Waals surface area (Å²) < 4.78 is 0. The van der Waals surface area contributed by atoms with E-state index in [0.717, 1.165) is 17.2 Å². The third-order valence-electron chi connectivity index (χ3n) is 5.56. The standard InChI is InChI=1S/C24H47N3OS/c1-2-3-4-5-6-7-8-9-10-11-12-13-14-15-16-17-18-29-21-23(28)19-22-20-26-24(25)27-22/h20,23,28H,2-19,21H2,1H3,(H3,25,26,27). The van der Waals surface area contributed by atoms with Gasteiger partial charge in [0.25, 0.3) is 0 Å². The lowest BCUT2D eigenvalue weighted by Crippen LogP contribution is -2.14. The first-order chi connectivity index (χ1) is 14.2. The zero-order valence-electron chi connectivity index (χ0n) is 19.0. The molecule has 0 radical (unpaired) electrons. The number of imidazole rings is 1. The summed E-state index contributed by atoms with van der Waals surface area (Å²) in [6, 6.07) is 0. The highest BCUT2D eigenvalue weighted by Gasteiger charge is 2.07. The van der Waals surface area contributed by atoms with E-state index in [4.69, 9.17) is 5.73 Å². The summed E-state index contributed by atoms with van der Waals surface area (Å²) in [5.41, 5.74) is 6.46. The molecule has 4 N–H and O–H groups in total. The van der Waals surface area contributed by atoms with Crippen molar-refractivity contribution in [2.75, 3.05) is 17.2 Å². The molecule has 0 bridgehead atoms. The number of thioether (sulfide) groups is 1. The van der Waals surface area contributed by atoms with Gasteiger partial charge < -0.3 is 15.8 Å². The topological polar surface area (TPSA) is 74.9 Å². The lowest BCUT2D eigenvalue weighted by molar-refractivity contribution is 0.199. The molecule has 1 aromatic heterocycles. The fraction of sp³-hybridized carbons (Fsp3) is 0.875. The van der Waals surface area contributed by atoms with Crippen LogP contribution in [0.15, 0.2) is 6.20 Å². The van der Waals surface area contributed by atoms with Crippen LogP contribution in [0.1, 0.15) is 115 Å². The maximum Gasteiger partial charge on any atom is 0.197 e. The Bertz CT molecular complexity index is 467. The summed E-state index contributed by atoms with van der Waals surface area (Å²) >= 11 is 1.86. The first-order valence-electron chi connectivity index (χ1n) is 12.3. The highest BCUT2D eigenvalue weighted by molar-refractivity contribution is 7.99. The van der Waals surface area contributed by atoms with Gasteiger partial charge in [-0.15, -0.1) is 0 Å². The Balaban J connectivity index is 1.73. The molecule has 0 spiro atoms. The number of aromatic amines is 1. The molecule has 1 aromatic rings. The number of aromatic nitrogens is 2. The zero-order chi connectivity index (χ0) is 21.0. The van der Waals surface area contributed by atoms with Crippen LogP contribution in [0.4, 0.5) is 5.95 Å². The van der Waals surface area contributed by atoms with Crippen LogP contribution in [-0.2, 0) is 6.42 Å². The number of nitrogens with two attached hydrogens (primary N) is 1. The second-order valence-electron chi connectivity index (χ2n) is 8.53. The van der Waals surface area contributed by atoms with Crippen molar-refractivity contribution in [1.29, 1.82) is 0 Å². The van der Waals surface area contributed by atoms with Crippen LogP contribution in [0.25, 0.3) is 0 Å². The van der Waals surface area contributed by atoms with E-state index in [1.54, 1.807) is 6.20 Å². The molecule has 0 saturated heterocycles. The molecule has 1 atom stereocenters. The monoisotopic (exact) mass is 425 g/mol. The minimum atomic E-state index is -0.319. The smallest absolute Gasteiger partial charge is 0.197 e. The number of aliphatic hydroxyl groups excluding tert-OH is 1. The average molecular weight is 426 g/mol. The van der Waals surface area contributed by atoms with Crippen molar-refractivity contribution in [2.45, 2.75) is 122 Å². The molecule has 0 fully saturated rings.